The van der Waals surface area contributed by atoms with E-state index in [1.807, 2.05) is 0 Å². The predicted molar refractivity (Wildman–Crippen MR) is 109 cm³/mol. The summed E-state index contributed by atoms with van der Waals surface area (Å²) in [6.07, 6.45) is 15.8. The minimum Gasteiger partial charge on any atom is -0.507 e. The van der Waals surface area contributed by atoms with Crippen molar-refractivity contribution in [2.75, 3.05) is 0 Å². The first-order chi connectivity index (χ1) is 12.6. The maximum atomic E-state index is 11.4. The Morgan fingerprint density at radius 3 is 1.50 bits per heavy atom. The normalized spacial score (nSPS) is 11.0. The minimum absolute atomic E-state index is 0.310. The lowest BCUT2D eigenvalue weighted by molar-refractivity contribution is 0.0696. The molecule has 0 bridgehead atoms. The third-order valence-corrected chi connectivity index (χ3v) is 5.11. The molecule has 0 heterocycles. The molecule has 0 aliphatic carbocycles. The van der Waals surface area contributed by atoms with Crippen molar-refractivity contribution in [3.8, 4) is 5.75 Å². The number of aromatic carboxylic acids is 1. The minimum atomic E-state index is -0.904. The molecule has 0 spiro atoms. The van der Waals surface area contributed by atoms with Gasteiger partial charge in [-0.3, -0.25) is 0 Å². The second-order valence-corrected chi connectivity index (χ2v) is 7.48. The highest BCUT2D eigenvalue weighted by Crippen LogP contribution is 2.28. The molecule has 1 aromatic carbocycles. The summed E-state index contributed by atoms with van der Waals surface area (Å²) in [6, 6.07) is 3.32. The van der Waals surface area contributed by atoms with Crippen LogP contribution in [0.3, 0.4) is 0 Å². The van der Waals surface area contributed by atoms with Crippen molar-refractivity contribution in [1.29, 1.82) is 0 Å². The molecule has 3 nitrogen and oxygen atoms in total. The Morgan fingerprint density at radius 1 is 0.731 bits per heavy atom. The summed E-state index contributed by atoms with van der Waals surface area (Å²) >= 11 is 0. The van der Waals surface area contributed by atoms with Gasteiger partial charge in [-0.1, -0.05) is 78.1 Å². The Hall–Kier alpha value is -1.51. The summed E-state index contributed by atoms with van der Waals surface area (Å²) in [6.45, 7) is 4.42. The molecule has 0 aliphatic rings. The van der Waals surface area contributed by atoms with Crippen molar-refractivity contribution in [1.82, 2.24) is 0 Å². The van der Waals surface area contributed by atoms with Crippen LogP contribution in [0.4, 0.5) is 0 Å². The molecule has 0 unspecified atom stereocenters. The Balaban J connectivity index is 2.59. The number of unbranched alkanes of at least 4 members (excludes halogenated alkanes) is 10. The lowest BCUT2D eigenvalue weighted by Gasteiger charge is -2.12. The van der Waals surface area contributed by atoms with E-state index in [0.29, 0.717) is 11.3 Å². The topological polar surface area (TPSA) is 57.5 Å². The third kappa shape index (κ3) is 8.73. The van der Waals surface area contributed by atoms with E-state index < -0.39 is 5.97 Å². The van der Waals surface area contributed by atoms with Crippen LogP contribution in [0.25, 0.3) is 0 Å². The van der Waals surface area contributed by atoms with E-state index in [4.69, 9.17) is 0 Å². The number of carbonyl (C=O) groups is 1. The predicted octanol–water partition coefficient (Wildman–Crippen LogP) is 6.90. The fourth-order valence-electron chi connectivity index (χ4n) is 3.46. The van der Waals surface area contributed by atoms with Gasteiger partial charge >= 0.3 is 5.97 Å². The van der Waals surface area contributed by atoms with Gasteiger partial charge in [0.25, 0.3) is 0 Å². The molecule has 0 radical (unpaired) electrons. The third-order valence-electron chi connectivity index (χ3n) is 5.11. The van der Waals surface area contributed by atoms with Gasteiger partial charge in [0.2, 0.25) is 0 Å². The lowest BCUT2D eigenvalue weighted by atomic mass is 9.96. The van der Waals surface area contributed by atoms with E-state index in [-0.39, 0.29) is 0 Å². The summed E-state index contributed by atoms with van der Waals surface area (Å²) in [5.41, 5.74) is 1.92. The van der Waals surface area contributed by atoms with Crippen molar-refractivity contribution < 1.29 is 15.0 Å². The standard InChI is InChI=1S/C23H38O3/c1-3-5-7-9-11-13-15-19-17-21(23(25)26)18-20(22(19)24)16-14-12-10-8-6-4-2/h17-18,24H,3-16H2,1-2H3,(H,25,26). The second-order valence-electron chi connectivity index (χ2n) is 7.48. The van der Waals surface area contributed by atoms with Crippen LogP contribution in [-0.2, 0) is 12.8 Å². The zero-order valence-electron chi connectivity index (χ0n) is 16.9. The lowest BCUT2D eigenvalue weighted by Crippen LogP contribution is -2.02. The molecule has 0 atom stereocenters. The molecule has 3 heteroatoms. The van der Waals surface area contributed by atoms with Crippen molar-refractivity contribution >= 4 is 5.97 Å². The highest BCUT2D eigenvalue weighted by molar-refractivity contribution is 5.88. The average Bonchev–Trinajstić information content (AvgIpc) is 2.63. The number of hydrogen-bond acceptors (Lipinski definition) is 2. The van der Waals surface area contributed by atoms with Gasteiger partial charge in [-0.25, -0.2) is 4.79 Å². The highest BCUT2D eigenvalue weighted by atomic mass is 16.4. The van der Waals surface area contributed by atoms with Crippen LogP contribution in [0.1, 0.15) is 112 Å². The molecule has 148 valence electrons. The molecule has 26 heavy (non-hydrogen) atoms. The summed E-state index contributed by atoms with van der Waals surface area (Å²) in [4.78, 5) is 11.4. The van der Waals surface area contributed by atoms with E-state index in [9.17, 15) is 15.0 Å². The molecule has 0 amide bonds. The van der Waals surface area contributed by atoms with Crippen molar-refractivity contribution in [2.24, 2.45) is 0 Å². The summed E-state index contributed by atoms with van der Waals surface area (Å²) in [5.74, 6) is -0.574. The average molecular weight is 363 g/mol. The van der Waals surface area contributed by atoms with Crippen LogP contribution in [0.15, 0.2) is 12.1 Å². The zero-order valence-corrected chi connectivity index (χ0v) is 16.9. The molecule has 0 aromatic heterocycles. The number of aryl methyl sites for hydroxylation is 2. The number of rotatable bonds is 15. The van der Waals surface area contributed by atoms with E-state index >= 15 is 0 Å². The first kappa shape index (κ1) is 22.5. The summed E-state index contributed by atoms with van der Waals surface area (Å²) in [7, 11) is 0. The van der Waals surface area contributed by atoms with Gasteiger partial charge in [0.05, 0.1) is 5.56 Å². The fourth-order valence-corrected chi connectivity index (χ4v) is 3.46. The molecular weight excluding hydrogens is 324 g/mol. The molecule has 1 aromatic rings. The first-order valence-corrected chi connectivity index (χ1v) is 10.7. The molecule has 0 saturated carbocycles. The molecule has 2 N–H and O–H groups in total. The van der Waals surface area contributed by atoms with Gasteiger partial charge in [0, 0.05) is 0 Å². The number of aromatic hydroxyl groups is 1. The van der Waals surface area contributed by atoms with E-state index in [1.54, 1.807) is 12.1 Å². The number of benzene rings is 1. The van der Waals surface area contributed by atoms with E-state index in [1.165, 1.54) is 51.4 Å². The van der Waals surface area contributed by atoms with Gasteiger partial charge in [-0.15, -0.1) is 0 Å². The van der Waals surface area contributed by atoms with Crippen molar-refractivity contribution in [3.63, 3.8) is 0 Å². The quantitative estimate of drug-likeness (QED) is 0.334. The SMILES string of the molecule is CCCCCCCCc1cc(C(=O)O)cc(CCCCCCCC)c1O. The van der Waals surface area contributed by atoms with Gasteiger partial charge in [-0.2, -0.15) is 0 Å². The zero-order chi connectivity index (χ0) is 19.2. The molecule has 1 rings (SSSR count). The smallest absolute Gasteiger partial charge is 0.335 e. The number of phenols is 1. The van der Waals surface area contributed by atoms with E-state index in [0.717, 1.165) is 49.7 Å². The van der Waals surface area contributed by atoms with Gasteiger partial charge < -0.3 is 10.2 Å². The van der Waals surface area contributed by atoms with Crippen LogP contribution in [0, 0.1) is 0 Å². The maximum Gasteiger partial charge on any atom is 0.335 e. The van der Waals surface area contributed by atoms with Crippen LogP contribution in [0.2, 0.25) is 0 Å². The Labute approximate surface area is 159 Å². The molecule has 0 aliphatic heterocycles. The molecule has 0 saturated heterocycles. The Kier molecular flexibility index (Phi) is 11.8. The van der Waals surface area contributed by atoms with Crippen LogP contribution in [-0.4, -0.2) is 16.2 Å². The Bertz CT molecular complexity index is 485. The van der Waals surface area contributed by atoms with Crippen molar-refractivity contribution in [3.05, 3.63) is 28.8 Å². The van der Waals surface area contributed by atoms with Crippen LogP contribution < -0.4 is 0 Å². The molecular formula is C23H38O3. The van der Waals surface area contributed by atoms with Gasteiger partial charge in [0.1, 0.15) is 5.75 Å². The van der Waals surface area contributed by atoms with Crippen LogP contribution in [0.5, 0.6) is 5.75 Å². The molecule has 0 fully saturated rings. The summed E-state index contributed by atoms with van der Waals surface area (Å²) < 4.78 is 0. The summed E-state index contributed by atoms with van der Waals surface area (Å²) in [5, 5.41) is 20.0. The second kappa shape index (κ2) is 13.7. The fraction of sp³-hybridized carbons (Fsp3) is 0.696. The number of hydrogen-bond donors (Lipinski definition) is 2. The maximum absolute atomic E-state index is 11.4. The first-order valence-electron chi connectivity index (χ1n) is 10.7. The van der Waals surface area contributed by atoms with E-state index in [2.05, 4.69) is 13.8 Å². The monoisotopic (exact) mass is 362 g/mol. The highest BCUT2D eigenvalue weighted by Gasteiger charge is 2.13. The number of carboxylic acid groups (broad SMARTS) is 1. The van der Waals surface area contributed by atoms with Crippen LogP contribution >= 0.6 is 0 Å². The van der Waals surface area contributed by atoms with Crippen molar-refractivity contribution in [2.45, 2.75) is 104 Å². The number of phenolic OH excluding ortho intramolecular Hbond substituents is 1. The van der Waals surface area contributed by atoms with Gasteiger partial charge in [-0.05, 0) is 48.9 Å². The Morgan fingerprint density at radius 2 is 1.12 bits per heavy atom. The largest absolute Gasteiger partial charge is 0.507 e. The number of carboxylic acids is 1. The van der Waals surface area contributed by atoms with Gasteiger partial charge in [0.15, 0.2) is 0 Å².